The number of rotatable bonds is 6. The highest BCUT2D eigenvalue weighted by Crippen LogP contribution is 2.40. The molecule has 40 heavy (non-hydrogen) atoms. The Kier molecular flexibility index (Phi) is 6.88. The molecule has 6 rings (SSSR count). The first-order chi connectivity index (χ1) is 19.5. The molecular formula is C37H29F2N. The van der Waals surface area contributed by atoms with E-state index in [0.717, 1.165) is 27.8 Å². The molecule has 1 nitrogen and oxygen atoms in total. The highest BCUT2D eigenvalue weighted by molar-refractivity contribution is 5.88. The summed E-state index contributed by atoms with van der Waals surface area (Å²) in [4.78, 5) is 1.74. The number of nitrogens with zero attached hydrogens (tertiary/aromatic N) is 1. The van der Waals surface area contributed by atoms with Gasteiger partial charge in [0.2, 0.25) is 0 Å². The molecule has 6 aromatic carbocycles. The molecule has 0 fully saturated rings. The number of para-hydroxylation sites is 1. The fourth-order valence-electron chi connectivity index (χ4n) is 5.36. The fraction of sp³-hybridized carbons (Fsp3) is 0.0811. The third-order valence-corrected chi connectivity index (χ3v) is 7.30. The van der Waals surface area contributed by atoms with Crippen molar-refractivity contribution < 1.29 is 8.78 Å². The van der Waals surface area contributed by atoms with Crippen molar-refractivity contribution in [3.05, 3.63) is 145 Å². The summed E-state index contributed by atoms with van der Waals surface area (Å²) in [5.41, 5.74) is 5.94. The summed E-state index contributed by atoms with van der Waals surface area (Å²) < 4.78 is 31.5. The Morgan fingerprint density at radius 3 is 1.85 bits per heavy atom. The highest BCUT2D eigenvalue weighted by atomic mass is 19.1. The van der Waals surface area contributed by atoms with Crippen LogP contribution in [0.3, 0.4) is 0 Å². The second-order valence-electron chi connectivity index (χ2n) is 10.3. The maximum atomic E-state index is 16.4. The van der Waals surface area contributed by atoms with Crippen molar-refractivity contribution in [2.45, 2.75) is 19.9 Å². The number of hydrogen-bond acceptors (Lipinski definition) is 1. The molecule has 0 heterocycles. The molecule has 0 aromatic heterocycles. The Labute approximate surface area is 234 Å². The van der Waals surface area contributed by atoms with Gasteiger partial charge in [-0.15, -0.1) is 0 Å². The van der Waals surface area contributed by atoms with Crippen LogP contribution in [0.15, 0.2) is 133 Å². The monoisotopic (exact) mass is 525 g/mol. The molecule has 0 aliphatic rings. The molecule has 0 saturated carbocycles. The minimum Gasteiger partial charge on any atom is -0.334 e. The minimum absolute atomic E-state index is 0.186. The van der Waals surface area contributed by atoms with Gasteiger partial charge in [-0.05, 0) is 88.8 Å². The van der Waals surface area contributed by atoms with Gasteiger partial charge in [0, 0.05) is 11.6 Å². The van der Waals surface area contributed by atoms with Crippen LogP contribution in [0.2, 0.25) is 0 Å². The van der Waals surface area contributed by atoms with Gasteiger partial charge in [0.25, 0.3) is 0 Å². The molecule has 6 aromatic rings. The third-order valence-electron chi connectivity index (χ3n) is 7.30. The average Bonchev–Trinajstić information content (AvgIpc) is 2.99. The molecule has 0 unspecified atom stereocenters. The summed E-state index contributed by atoms with van der Waals surface area (Å²) >= 11 is 0. The summed E-state index contributed by atoms with van der Waals surface area (Å²) in [5.74, 6) is -0.766. The van der Waals surface area contributed by atoms with Crippen molar-refractivity contribution in [3.63, 3.8) is 0 Å². The van der Waals surface area contributed by atoms with Crippen molar-refractivity contribution in [1.82, 2.24) is 0 Å². The van der Waals surface area contributed by atoms with Crippen LogP contribution in [0.5, 0.6) is 0 Å². The van der Waals surface area contributed by atoms with Crippen LogP contribution in [0.25, 0.3) is 44.2 Å². The highest BCUT2D eigenvalue weighted by Gasteiger charge is 2.23. The molecule has 0 atom stereocenters. The van der Waals surface area contributed by atoms with Crippen LogP contribution in [0.1, 0.15) is 13.8 Å². The molecule has 0 saturated heterocycles. The van der Waals surface area contributed by atoms with Gasteiger partial charge in [-0.3, -0.25) is 0 Å². The second-order valence-corrected chi connectivity index (χ2v) is 10.3. The van der Waals surface area contributed by atoms with E-state index in [4.69, 9.17) is 0 Å². The lowest BCUT2D eigenvalue weighted by molar-refractivity contribution is 0.604. The van der Waals surface area contributed by atoms with Gasteiger partial charge in [0.1, 0.15) is 5.82 Å². The van der Waals surface area contributed by atoms with Gasteiger partial charge in [0.05, 0.1) is 11.4 Å². The summed E-state index contributed by atoms with van der Waals surface area (Å²) in [6, 6.07) is 42.7. The van der Waals surface area contributed by atoms with Crippen molar-refractivity contribution in [3.8, 4) is 33.4 Å². The molecular weight excluding hydrogens is 496 g/mol. The second kappa shape index (κ2) is 10.8. The SMILES string of the molecule is CC(C)N(c1ccccc1F)c1cc(-c2cccc(-c3ccc4ccccc4c3)c2)cc(-c2ccccc2)c1F. The standard InChI is InChI=1S/C37H29F2N/c1-25(2)40(35-18-9-8-17-34(35)38)36-24-32(23-33(37(36)39)27-12-4-3-5-13-27)30-16-10-15-29(22-30)31-20-19-26-11-6-7-14-28(26)21-31/h3-25H,1-2H3. The predicted octanol–water partition coefficient (Wildman–Crippen LogP) is 10.7. The number of anilines is 2. The molecule has 0 aliphatic heterocycles. The maximum absolute atomic E-state index is 16.4. The van der Waals surface area contributed by atoms with E-state index in [2.05, 4.69) is 42.5 Å². The molecule has 0 bridgehead atoms. The first kappa shape index (κ1) is 25.5. The zero-order valence-electron chi connectivity index (χ0n) is 22.5. The molecule has 0 spiro atoms. The lowest BCUT2D eigenvalue weighted by Crippen LogP contribution is -2.27. The Balaban J connectivity index is 1.54. The van der Waals surface area contributed by atoms with E-state index in [9.17, 15) is 0 Å². The van der Waals surface area contributed by atoms with Crippen molar-refractivity contribution in [2.75, 3.05) is 4.90 Å². The molecule has 0 N–H and O–H groups in total. The smallest absolute Gasteiger partial charge is 0.154 e. The molecule has 0 amide bonds. The quantitative estimate of drug-likeness (QED) is 0.209. The van der Waals surface area contributed by atoms with Gasteiger partial charge in [0.15, 0.2) is 5.82 Å². The Bertz CT molecular complexity index is 1810. The average molecular weight is 526 g/mol. The largest absolute Gasteiger partial charge is 0.334 e. The van der Waals surface area contributed by atoms with Crippen LogP contribution in [-0.4, -0.2) is 6.04 Å². The Morgan fingerprint density at radius 2 is 1.10 bits per heavy atom. The van der Waals surface area contributed by atoms with Crippen molar-refractivity contribution in [2.24, 2.45) is 0 Å². The Morgan fingerprint density at radius 1 is 0.475 bits per heavy atom. The van der Waals surface area contributed by atoms with Gasteiger partial charge in [-0.1, -0.05) is 97.1 Å². The van der Waals surface area contributed by atoms with Crippen LogP contribution in [0.4, 0.5) is 20.2 Å². The van der Waals surface area contributed by atoms with E-state index in [1.807, 2.05) is 80.6 Å². The van der Waals surface area contributed by atoms with E-state index in [1.54, 1.807) is 23.1 Å². The van der Waals surface area contributed by atoms with E-state index in [0.29, 0.717) is 16.9 Å². The third kappa shape index (κ3) is 4.87. The topological polar surface area (TPSA) is 3.24 Å². The van der Waals surface area contributed by atoms with Gasteiger partial charge in [-0.25, -0.2) is 8.78 Å². The van der Waals surface area contributed by atoms with Crippen LogP contribution < -0.4 is 4.90 Å². The van der Waals surface area contributed by atoms with Gasteiger partial charge < -0.3 is 4.90 Å². The summed E-state index contributed by atoms with van der Waals surface area (Å²) in [5, 5.41) is 2.37. The molecule has 0 radical (unpaired) electrons. The Hall–Kier alpha value is -4.76. The van der Waals surface area contributed by atoms with E-state index >= 15 is 8.78 Å². The van der Waals surface area contributed by atoms with Gasteiger partial charge >= 0.3 is 0 Å². The maximum Gasteiger partial charge on any atom is 0.154 e. The summed E-state index contributed by atoms with van der Waals surface area (Å²) in [7, 11) is 0. The predicted molar refractivity (Wildman–Crippen MR) is 164 cm³/mol. The molecule has 196 valence electrons. The molecule has 0 aliphatic carbocycles. The number of fused-ring (bicyclic) bond motifs is 1. The van der Waals surface area contributed by atoms with Crippen molar-refractivity contribution in [1.29, 1.82) is 0 Å². The number of benzene rings is 6. The van der Waals surface area contributed by atoms with Crippen LogP contribution >= 0.6 is 0 Å². The molecule has 3 heteroatoms. The van der Waals surface area contributed by atoms with E-state index in [-0.39, 0.29) is 17.7 Å². The zero-order chi connectivity index (χ0) is 27.6. The lowest BCUT2D eigenvalue weighted by Gasteiger charge is -2.31. The fourth-order valence-corrected chi connectivity index (χ4v) is 5.36. The van der Waals surface area contributed by atoms with E-state index in [1.165, 1.54) is 16.8 Å². The first-order valence-electron chi connectivity index (χ1n) is 13.5. The normalized spacial score (nSPS) is 11.2. The lowest BCUT2D eigenvalue weighted by atomic mass is 9.94. The van der Waals surface area contributed by atoms with Gasteiger partial charge in [-0.2, -0.15) is 0 Å². The van der Waals surface area contributed by atoms with Crippen LogP contribution in [0, 0.1) is 11.6 Å². The minimum atomic E-state index is -0.388. The summed E-state index contributed by atoms with van der Waals surface area (Å²) in [6.45, 7) is 3.89. The van der Waals surface area contributed by atoms with Crippen molar-refractivity contribution >= 4 is 22.1 Å². The zero-order valence-corrected chi connectivity index (χ0v) is 22.5. The van der Waals surface area contributed by atoms with Crippen LogP contribution in [-0.2, 0) is 0 Å². The number of halogens is 2. The summed E-state index contributed by atoms with van der Waals surface area (Å²) in [6.07, 6.45) is 0. The van der Waals surface area contributed by atoms with E-state index < -0.39 is 0 Å². The first-order valence-corrected chi connectivity index (χ1v) is 13.5. The number of hydrogen-bond donors (Lipinski definition) is 0.